The zero-order chi connectivity index (χ0) is 18.5. The van der Waals surface area contributed by atoms with E-state index in [0.29, 0.717) is 11.3 Å². The molecule has 0 radical (unpaired) electrons. The molecule has 1 aliphatic heterocycles. The second kappa shape index (κ2) is 9.48. The molecule has 1 aromatic heterocycles. The van der Waals surface area contributed by atoms with E-state index in [1.54, 1.807) is 24.3 Å². The number of piperidine rings is 1. The van der Waals surface area contributed by atoms with Crippen molar-refractivity contribution in [3.63, 3.8) is 0 Å². The van der Waals surface area contributed by atoms with Crippen LogP contribution in [0, 0.1) is 6.92 Å². The van der Waals surface area contributed by atoms with Gasteiger partial charge in [-0.25, -0.2) is 9.48 Å². The quantitative estimate of drug-likeness (QED) is 0.748. The van der Waals surface area contributed by atoms with Crippen molar-refractivity contribution in [2.75, 3.05) is 20.2 Å². The van der Waals surface area contributed by atoms with E-state index in [-0.39, 0.29) is 24.1 Å². The van der Waals surface area contributed by atoms with E-state index in [1.807, 2.05) is 17.7 Å². The lowest BCUT2D eigenvalue weighted by Gasteiger charge is -2.23. The Kier molecular flexibility index (Phi) is 7.32. The Morgan fingerprint density at radius 1 is 1.26 bits per heavy atom. The summed E-state index contributed by atoms with van der Waals surface area (Å²) in [5, 5.41) is 14.2. The van der Waals surface area contributed by atoms with E-state index >= 15 is 0 Å². The third kappa shape index (κ3) is 4.64. The van der Waals surface area contributed by atoms with Gasteiger partial charge in [0.05, 0.1) is 18.8 Å². The van der Waals surface area contributed by atoms with Crippen LogP contribution in [0.5, 0.6) is 0 Å². The van der Waals surface area contributed by atoms with Crippen LogP contribution in [0.1, 0.15) is 46.7 Å². The predicted molar refractivity (Wildman–Crippen MR) is 102 cm³/mol. The smallest absolute Gasteiger partial charge is 0.333 e. The van der Waals surface area contributed by atoms with Crippen LogP contribution in [0.25, 0.3) is 0 Å². The lowest BCUT2D eigenvalue weighted by Crippen LogP contribution is -2.35. The van der Waals surface area contributed by atoms with Crippen LogP contribution in [-0.4, -0.2) is 47.1 Å². The van der Waals surface area contributed by atoms with Crippen molar-refractivity contribution < 1.29 is 14.3 Å². The minimum absolute atomic E-state index is 0. The maximum atomic E-state index is 12.7. The van der Waals surface area contributed by atoms with Crippen LogP contribution >= 0.6 is 12.4 Å². The summed E-state index contributed by atoms with van der Waals surface area (Å²) in [5.41, 5.74) is 1.58. The van der Waals surface area contributed by atoms with Crippen molar-refractivity contribution in [2.24, 2.45) is 0 Å². The van der Waals surface area contributed by atoms with E-state index in [2.05, 4.69) is 20.9 Å². The minimum Gasteiger partial charge on any atom is -0.467 e. The third-order valence-corrected chi connectivity index (χ3v) is 4.64. The number of rotatable bonds is 5. The fraction of sp³-hybridized carbons (Fsp3) is 0.444. The number of nitrogens with one attached hydrogen (secondary N) is 2. The number of carbonyl (C=O) groups excluding carboxylic acids is 2. The Balaban J connectivity index is 0.00000261. The average molecular weight is 394 g/mol. The zero-order valence-electron chi connectivity index (χ0n) is 15.3. The highest BCUT2D eigenvalue weighted by Gasteiger charge is 2.28. The summed E-state index contributed by atoms with van der Waals surface area (Å²) in [6.45, 7) is 3.67. The standard InChI is InChI=1S/C18H23N5O3.ClH/c1-12-15(21-22-23(12)14-8-10-19-11-9-14)17(24)20-16(18(25)26-2)13-6-4-3-5-7-13;/h3-7,14,16,19H,8-11H2,1-2H3,(H,20,24);1H. The van der Waals surface area contributed by atoms with Crippen LogP contribution in [0.3, 0.4) is 0 Å². The van der Waals surface area contributed by atoms with E-state index in [0.717, 1.165) is 25.9 Å². The van der Waals surface area contributed by atoms with Gasteiger partial charge < -0.3 is 15.4 Å². The molecule has 2 heterocycles. The van der Waals surface area contributed by atoms with E-state index in [1.165, 1.54) is 7.11 Å². The van der Waals surface area contributed by atoms with Gasteiger partial charge in [0, 0.05) is 0 Å². The number of carbonyl (C=O) groups is 2. The molecule has 1 atom stereocenters. The SMILES string of the molecule is COC(=O)C(NC(=O)c1nnn(C2CCNCC2)c1C)c1ccccc1.Cl. The van der Waals surface area contributed by atoms with Crippen molar-refractivity contribution >= 4 is 24.3 Å². The highest BCUT2D eigenvalue weighted by Crippen LogP contribution is 2.21. The number of aromatic nitrogens is 3. The highest BCUT2D eigenvalue weighted by molar-refractivity contribution is 5.96. The summed E-state index contributed by atoms with van der Waals surface area (Å²) in [4.78, 5) is 24.9. The van der Waals surface area contributed by atoms with Crippen LogP contribution in [0.4, 0.5) is 0 Å². The lowest BCUT2D eigenvalue weighted by atomic mass is 10.1. The summed E-state index contributed by atoms with van der Waals surface area (Å²) in [6.07, 6.45) is 1.89. The van der Waals surface area contributed by atoms with Crippen molar-refractivity contribution in [3.8, 4) is 0 Å². The molecule has 8 nitrogen and oxygen atoms in total. The molecule has 146 valence electrons. The Bertz CT molecular complexity index is 775. The molecule has 2 aromatic rings. The fourth-order valence-corrected chi connectivity index (χ4v) is 3.19. The number of hydrogen-bond donors (Lipinski definition) is 2. The first-order chi connectivity index (χ1) is 12.6. The summed E-state index contributed by atoms with van der Waals surface area (Å²) >= 11 is 0. The molecule has 9 heteroatoms. The van der Waals surface area contributed by atoms with Gasteiger partial charge in [0.15, 0.2) is 11.7 Å². The number of esters is 1. The Labute approximate surface area is 164 Å². The van der Waals surface area contributed by atoms with Gasteiger partial charge in [-0.3, -0.25) is 4.79 Å². The maximum Gasteiger partial charge on any atom is 0.333 e. The largest absolute Gasteiger partial charge is 0.467 e. The maximum absolute atomic E-state index is 12.7. The van der Waals surface area contributed by atoms with Gasteiger partial charge in [0.25, 0.3) is 5.91 Å². The Morgan fingerprint density at radius 2 is 1.93 bits per heavy atom. The van der Waals surface area contributed by atoms with Crippen molar-refractivity contribution in [1.29, 1.82) is 0 Å². The van der Waals surface area contributed by atoms with E-state index < -0.39 is 17.9 Å². The molecule has 1 fully saturated rings. The van der Waals surface area contributed by atoms with Gasteiger partial charge in [0.1, 0.15) is 0 Å². The topological polar surface area (TPSA) is 98.1 Å². The summed E-state index contributed by atoms with van der Waals surface area (Å²) < 4.78 is 6.64. The number of halogens is 1. The average Bonchev–Trinajstić information content (AvgIpc) is 3.08. The molecular formula is C18H24ClN5O3. The van der Waals surface area contributed by atoms with Crippen molar-refractivity contribution in [2.45, 2.75) is 31.8 Å². The molecule has 3 rings (SSSR count). The van der Waals surface area contributed by atoms with E-state index in [9.17, 15) is 9.59 Å². The summed E-state index contributed by atoms with van der Waals surface area (Å²) in [5.74, 6) is -0.977. The molecule has 2 N–H and O–H groups in total. The molecular weight excluding hydrogens is 370 g/mol. The van der Waals surface area contributed by atoms with Crippen LogP contribution in [-0.2, 0) is 9.53 Å². The molecule has 27 heavy (non-hydrogen) atoms. The molecule has 0 saturated carbocycles. The first kappa shape index (κ1) is 20.9. The molecule has 1 aliphatic rings. The van der Waals surface area contributed by atoms with Crippen molar-refractivity contribution in [1.82, 2.24) is 25.6 Å². The first-order valence-corrected chi connectivity index (χ1v) is 8.68. The summed E-state index contributed by atoms with van der Waals surface area (Å²) in [7, 11) is 1.29. The Morgan fingerprint density at radius 3 is 2.56 bits per heavy atom. The molecule has 1 aromatic carbocycles. The van der Waals surface area contributed by atoms with Gasteiger partial charge in [-0.15, -0.1) is 17.5 Å². The number of benzene rings is 1. The number of ether oxygens (including phenoxy) is 1. The molecule has 0 spiro atoms. The van der Waals surface area contributed by atoms with Gasteiger partial charge >= 0.3 is 5.97 Å². The number of amides is 1. The van der Waals surface area contributed by atoms with E-state index in [4.69, 9.17) is 4.74 Å². The third-order valence-electron chi connectivity index (χ3n) is 4.64. The normalized spacial score (nSPS) is 15.5. The number of methoxy groups -OCH3 is 1. The summed E-state index contributed by atoms with van der Waals surface area (Å²) in [6, 6.07) is 8.31. The van der Waals surface area contributed by atoms with Crippen molar-refractivity contribution in [3.05, 3.63) is 47.3 Å². The van der Waals surface area contributed by atoms with Crippen LogP contribution in [0.2, 0.25) is 0 Å². The molecule has 1 unspecified atom stereocenters. The van der Waals surface area contributed by atoms with Gasteiger partial charge in [-0.05, 0) is 38.4 Å². The first-order valence-electron chi connectivity index (χ1n) is 8.68. The van der Waals surface area contributed by atoms with Gasteiger partial charge in [0.2, 0.25) is 0 Å². The zero-order valence-corrected chi connectivity index (χ0v) is 16.2. The van der Waals surface area contributed by atoms with Crippen LogP contribution in [0.15, 0.2) is 30.3 Å². The van der Waals surface area contributed by atoms with Crippen LogP contribution < -0.4 is 10.6 Å². The minimum atomic E-state index is -0.892. The second-order valence-corrected chi connectivity index (χ2v) is 6.29. The monoisotopic (exact) mass is 393 g/mol. The highest BCUT2D eigenvalue weighted by atomic mass is 35.5. The molecule has 0 aliphatic carbocycles. The number of hydrogen-bond acceptors (Lipinski definition) is 6. The predicted octanol–water partition coefficient (Wildman–Crippen LogP) is 1.58. The fourth-order valence-electron chi connectivity index (χ4n) is 3.19. The lowest BCUT2D eigenvalue weighted by molar-refractivity contribution is -0.143. The van der Waals surface area contributed by atoms with Gasteiger partial charge in [-0.2, -0.15) is 0 Å². The molecule has 0 bridgehead atoms. The second-order valence-electron chi connectivity index (χ2n) is 6.29. The van der Waals surface area contributed by atoms with Gasteiger partial charge in [-0.1, -0.05) is 35.5 Å². The number of nitrogens with zero attached hydrogens (tertiary/aromatic N) is 3. The molecule has 1 saturated heterocycles. The molecule has 1 amide bonds. The Hall–Kier alpha value is -2.45.